The van der Waals surface area contributed by atoms with Crippen molar-refractivity contribution >= 4 is 11.6 Å². The number of para-hydroxylation sites is 1. The molecule has 0 aliphatic carbocycles. The van der Waals surface area contributed by atoms with Crippen LogP contribution in [0.4, 0.5) is 14.5 Å². The lowest BCUT2D eigenvalue weighted by Crippen LogP contribution is -2.44. The summed E-state index contributed by atoms with van der Waals surface area (Å²) in [5, 5.41) is 10.8. The molecule has 3 rings (SSSR count). The zero-order chi connectivity index (χ0) is 19.2. The van der Waals surface area contributed by atoms with Gasteiger partial charge in [0.15, 0.2) is 5.96 Å². The Bertz CT molecular complexity index is 768. The first kappa shape index (κ1) is 19.1. The fourth-order valence-electron chi connectivity index (χ4n) is 3.28. The number of rotatable bonds is 6. The Labute approximate surface area is 158 Å². The van der Waals surface area contributed by atoms with Crippen molar-refractivity contribution in [3.8, 4) is 0 Å². The summed E-state index contributed by atoms with van der Waals surface area (Å²) in [6, 6.07) is 4.06. The molecule has 0 saturated carbocycles. The number of halogens is 2. The average molecular weight is 376 g/mol. The molecule has 1 aromatic heterocycles. The van der Waals surface area contributed by atoms with Crippen molar-refractivity contribution in [2.24, 2.45) is 12.0 Å². The number of hydrogen-bond donors (Lipinski definition) is 2. The van der Waals surface area contributed by atoms with Gasteiger partial charge in [0.2, 0.25) is 0 Å². The standard InChI is InChI=1S/C19H26F2N6/c1-3-22-19(23-9-7-14-11-24-26(2)12-14)25-15-8-10-27(13-15)18-16(20)5-4-6-17(18)21/h4-6,11-12,15H,3,7-10,13H2,1-2H3,(H2,22,23,25). The number of hydrogen-bond acceptors (Lipinski definition) is 3. The van der Waals surface area contributed by atoms with Gasteiger partial charge in [0.05, 0.1) is 6.20 Å². The van der Waals surface area contributed by atoms with Crippen LogP contribution >= 0.6 is 0 Å². The van der Waals surface area contributed by atoms with Crippen LogP contribution in [0.25, 0.3) is 0 Å². The molecule has 1 atom stereocenters. The Balaban J connectivity index is 1.57. The van der Waals surface area contributed by atoms with Crippen LogP contribution in [0.2, 0.25) is 0 Å². The molecule has 0 bridgehead atoms. The van der Waals surface area contributed by atoms with Crippen LogP contribution in [0.5, 0.6) is 0 Å². The van der Waals surface area contributed by atoms with Crippen molar-refractivity contribution < 1.29 is 8.78 Å². The normalized spacial score (nSPS) is 17.4. The molecule has 0 amide bonds. The molecule has 1 saturated heterocycles. The number of aryl methyl sites for hydroxylation is 1. The van der Waals surface area contributed by atoms with Gasteiger partial charge < -0.3 is 15.5 Å². The third-order valence-corrected chi connectivity index (χ3v) is 4.56. The van der Waals surface area contributed by atoms with E-state index in [1.165, 1.54) is 18.2 Å². The fraction of sp³-hybridized carbons (Fsp3) is 0.474. The van der Waals surface area contributed by atoms with E-state index in [2.05, 4.69) is 20.7 Å². The zero-order valence-electron chi connectivity index (χ0n) is 15.8. The van der Waals surface area contributed by atoms with E-state index in [0.29, 0.717) is 19.6 Å². The number of guanidine groups is 1. The molecule has 0 spiro atoms. The van der Waals surface area contributed by atoms with E-state index in [4.69, 9.17) is 0 Å². The molecule has 2 N–H and O–H groups in total. The minimum Gasteiger partial charge on any atom is -0.365 e. The van der Waals surface area contributed by atoms with Crippen LogP contribution in [0.3, 0.4) is 0 Å². The smallest absolute Gasteiger partial charge is 0.191 e. The largest absolute Gasteiger partial charge is 0.365 e. The van der Waals surface area contributed by atoms with Crippen LogP contribution in [0, 0.1) is 11.6 Å². The predicted octanol–water partition coefficient (Wildman–Crippen LogP) is 2.07. The maximum atomic E-state index is 14.0. The van der Waals surface area contributed by atoms with Gasteiger partial charge in [0.25, 0.3) is 0 Å². The molecule has 146 valence electrons. The van der Waals surface area contributed by atoms with Crippen molar-refractivity contribution in [3.63, 3.8) is 0 Å². The third-order valence-electron chi connectivity index (χ3n) is 4.56. The van der Waals surface area contributed by atoms with Crippen LogP contribution in [-0.2, 0) is 13.5 Å². The van der Waals surface area contributed by atoms with Gasteiger partial charge in [-0.25, -0.2) is 8.78 Å². The van der Waals surface area contributed by atoms with Crippen LogP contribution in [0.1, 0.15) is 18.9 Å². The second-order valence-electron chi connectivity index (χ2n) is 6.68. The Morgan fingerprint density at radius 2 is 2.11 bits per heavy atom. The van der Waals surface area contributed by atoms with Gasteiger partial charge in [-0.15, -0.1) is 0 Å². The zero-order valence-corrected chi connectivity index (χ0v) is 15.8. The van der Waals surface area contributed by atoms with Gasteiger partial charge in [0, 0.05) is 45.5 Å². The second kappa shape index (κ2) is 8.83. The Morgan fingerprint density at radius 1 is 1.33 bits per heavy atom. The molecule has 1 aliphatic heterocycles. The molecule has 1 aliphatic rings. The van der Waals surface area contributed by atoms with Crippen LogP contribution in [-0.4, -0.2) is 48.0 Å². The molecule has 2 aromatic rings. The number of nitrogens with one attached hydrogen (secondary N) is 2. The number of nitrogens with zero attached hydrogens (tertiary/aromatic N) is 4. The van der Waals surface area contributed by atoms with Gasteiger partial charge in [-0.2, -0.15) is 5.10 Å². The van der Waals surface area contributed by atoms with Crippen molar-refractivity contribution in [3.05, 3.63) is 47.8 Å². The first-order chi connectivity index (χ1) is 13.1. The summed E-state index contributed by atoms with van der Waals surface area (Å²) in [7, 11) is 1.89. The fourth-order valence-corrected chi connectivity index (χ4v) is 3.28. The number of benzene rings is 1. The molecule has 6 nitrogen and oxygen atoms in total. The average Bonchev–Trinajstić information content (AvgIpc) is 3.24. The van der Waals surface area contributed by atoms with E-state index in [-0.39, 0.29) is 11.7 Å². The number of aromatic nitrogens is 2. The third kappa shape index (κ3) is 4.96. The minimum atomic E-state index is -0.521. The molecule has 1 unspecified atom stereocenters. The first-order valence-electron chi connectivity index (χ1n) is 9.28. The van der Waals surface area contributed by atoms with Crippen molar-refractivity contribution in [2.75, 3.05) is 31.1 Å². The summed E-state index contributed by atoms with van der Waals surface area (Å²) in [6.07, 6.45) is 5.42. The second-order valence-corrected chi connectivity index (χ2v) is 6.68. The molecule has 0 radical (unpaired) electrons. The SMILES string of the molecule is CCNC(=NCCc1cnn(C)c1)NC1CCN(c2c(F)cccc2F)C1. The van der Waals surface area contributed by atoms with E-state index in [9.17, 15) is 8.78 Å². The molecule has 27 heavy (non-hydrogen) atoms. The summed E-state index contributed by atoms with van der Waals surface area (Å²) in [5.74, 6) is -0.317. The number of aliphatic imine (C=N–C) groups is 1. The van der Waals surface area contributed by atoms with Gasteiger partial charge in [-0.3, -0.25) is 9.67 Å². The lowest BCUT2D eigenvalue weighted by molar-refractivity contribution is 0.576. The maximum Gasteiger partial charge on any atom is 0.191 e. The highest BCUT2D eigenvalue weighted by Crippen LogP contribution is 2.26. The van der Waals surface area contributed by atoms with Crippen molar-refractivity contribution in [1.82, 2.24) is 20.4 Å². The molecule has 8 heteroatoms. The topological polar surface area (TPSA) is 57.5 Å². The summed E-state index contributed by atoms with van der Waals surface area (Å²) < 4.78 is 29.8. The van der Waals surface area contributed by atoms with Crippen LogP contribution in [0.15, 0.2) is 35.6 Å². The molecular formula is C19H26F2N6. The lowest BCUT2D eigenvalue weighted by atomic mass is 10.2. The highest BCUT2D eigenvalue weighted by molar-refractivity contribution is 5.80. The highest BCUT2D eigenvalue weighted by Gasteiger charge is 2.27. The molecule has 1 aromatic carbocycles. The Hall–Kier alpha value is -2.64. The van der Waals surface area contributed by atoms with E-state index in [1.807, 2.05) is 26.4 Å². The van der Waals surface area contributed by atoms with E-state index in [1.54, 1.807) is 9.58 Å². The van der Waals surface area contributed by atoms with Crippen molar-refractivity contribution in [2.45, 2.75) is 25.8 Å². The van der Waals surface area contributed by atoms with Gasteiger partial charge in [-0.1, -0.05) is 6.07 Å². The van der Waals surface area contributed by atoms with Crippen molar-refractivity contribution in [1.29, 1.82) is 0 Å². The summed E-state index contributed by atoms with van der Waals surface area (Å²) in [6.45, 7) is 4.53. The monoisotopic (exact) mass is 376 g/mol. The molecule has 2 heterocycles. The van der Waals surface area contributed by atoms with E-state index >= 15 is 0 Å². The summed E-state index contributed by atoms with van der Waals surface area (Å²) >= 11 is 0. The Kier molecular flexibility index (Phi) is 6.26. The van der Waals surface area contributed by atoms with Gasteiger partial charge in [-0.05, 0) is 37.5 Å². The summed E-state index contributed by atoms with van der Waals surface area (Å²) in [4.78, 5) is 6.36. The maximum absolute atomic E-state index is 14.0. The molecule has 1 fully saturated rings. The van der Waals surface area contributed by atoms with E-state index < -0.39 is 11.6 Å². The van der Waals surface area contributed by atoms with E-state index in [0.717, 1.165) is 30.9 Å². The Morgan fingerprint density at radius 3 is 2.78 bits per heavy atom. The van der Waals surface area contributed by atoms with Gasteiger partial charge >= 0.3 is 0 Å². The minimum absolute atomic E-state index is 0.0558. The molecular weight excluding hydrogens is 350 g/mol. The first-order valence-corrected chi connectivity index (χ1v) is 9.28. The highest BCUT2D eigenvalue weighted by atomic mass is 19.1. The van der Waals surface area contributed by atoms with Crippen LogP contribution < -0.4 is 15.5 Å². The predicted molar refractivity (Wildman–Crippen MR) is 103 cm³/mol. The summed E-state index contributed by atoms with van der Waals surface area (Å²) in [5.41, 5.74) is 1.19. The number of anilines is 1. The quantitative estimate of drug-likeness (QED) is 0.599. The van der Waals surface area contributed by atoms with Gasteiger partial charge in [0.1, 0.15) is 17.3 Å². The lowest BCUT2D eigenvalue weighted by Gasteiger charge is -2.21.